The highest BCUT2D eigenvalue weighted by molar-refractivity contribution is 7.91. The Morgan fingerprint density at radius 1 is 1.17 bits per heavy atom. The number of ether oxygens (including phenoxy) is 2. The van der Waals surface area contributed by atoms with Crippen LogP contribution in [-0.4, -0.2) is 97.8 Å². The van der Waals surface area contributed by atoms with Crippen molar-refractivity contribution >= 4 is 33.8 Å². The van der Waals surface area contributed by atoms with E-state index in [4.69, 9.17) is 15.2 Å². The van der Waals surface area contributed by atoms with Gasteiger partial charge in [0, 0.05) is 26.0 Å². The minimum Gasteiger partial charge on any atom is -0.444 e. The molecule has 2 aliphatic carbocycles. The van der Waals surface area contributed by atoms with Crippen LogP contribution in [0.5, 0.6) is 0 Å². The molecule has 6 atom stereocenters. The van der Waals surface area contributed by atoms with Crippen LogP contribution >= 0.6 is 0 Å². The molecule has 1 saturated heterocycles. The quantitative estimate of drug-likeness (QED) is 0.376. The first-order valence-corrected chi connectivity index (χ1v) is 18.3. The molecule has 4 amide bonds. The van der Waals surface area contributed by atoms with E-state index in [0.717, 1.165) is 19.3 Å². The highest BCUT2D eigenvalue weighted by Gasteiger charge is 2.62. The third-order valence-electron chi connectivity index (χ3n) is 10.2. The second kappa shape index (κ2) is 13.7. The third-order valence-corrected chi connectivity index (χ3v) is 12.0. The molecule has 3 heterocycles. The van der Waals surface area contributed by atoms with Crippen molar-refractivity contribution in [2.24, 2.45) is 11.7 Å². The highest BCUT2D eigenvalue weighted by Crippen LogP contribution is 2.46. The summed E-state index contributed by atoms with van der Waals surface area (Å²) in [5, 5.41) is 2.17. The summed E-state index contributed by atoms with van der Waals surface area (Å²) in [7, 11) is -2.39. The van der Waals surface area contributed by atoms with Gasteiger partial charge in [-0.05, 0) is 62.1 Å². The molecule has 0 radical (unpaired) electrons. The zero-order valence-electron chi connectivity index (χ0n) is 27.1. The van der Waals surface area contributed by atoms with Crippen molar-refractivity contribution in [2.45, 2.75) is 99.2 Å². The number of hydrogen-bond donors (Lipinski definition) is 3. The number of fused-ring (bicyclic) bond motifs is 3. The van der Waals surface area contributed by atoms with Crippen molar-refractivity contribution < 1.29 is 41.5 Å². The number of amides is 4. The van der Waals surface area contributed by atoms with Gasteiger partial charge in [-0.2, -0.15) is 0 Å². The van der Waals surface area contributed by atoms with Gasteiger partial charge < -0.3 is 25.4 Å². The zero-order valence-corrected chi connectivity index (χ0v) is 27.9. The maximum absolute atomic E-state index is 14.6. The number of nitrogens with one attached hydrogen (secondary N) is 2. The summed E-state index contributed by atoms with van der Waals surface area (Å²) < 4.78 is 53.4. The van der Waals surface area contributed by atoms with Crippen molar-refractivity contribution in [1.29, 1.82) is 0 Å². The summed E-state index contributed by atoms with van der Waals surface area (Å²) in [5.74, 6) is -2.70. The average molecular weight is 690 g/mol. The van der Waals surface area contributed by atoms with Gasteiger partial charge in [0.05, 0.1) is 30.5 Å². The predicted octanol–water partition coefficient (Wildman–Crippen LogP) is 1.81. The standard InChI is InChI=1S/C33H44FN5O8S/c1-46-19-28-24-9-7-10-25(34)23(24)14-15-38(28)32(43)47-21-16-27-29(40)36-33(31(42)37-48(44,45)22-12-13-22)17-20(33)8-5-3-2-4-6-11-26(35)30(41)39(27)18-21/h5,7-10,20-22,26-28H,2-4,6,11-19,35H2,1H3,(H,36,40)(H,37,42)/b8-5-/t20-,21-,26+,27?,28-,33-/m1/s1. The number of hydrogen-bond acceptors (Lipinski definition) is 9. The molecular weight excluding hydrogens is 645 g/mol. The molecule has 5 aliphatic rings. The molecule has 1 aromatic rings. The van der Waals surface area contributed by atoms with E-state index in [1.807, 2.05) is 12.2 Å². The molecule has 4 N–H and O–H groups in total. The summed E-state index contributed by atoms with van der Waals surface area (Å²) in [6, 6.07) is 2.10. The van der Waals surface area contributed by atoms with Crippen LogP contribution < -0.4 is 15.8 Å². The summed E-state index contributed by atoms with van der Waals surface area (Å²) in [6.07, 6.45) is 7.10. The molecule has 262 valence electrons. The zero-order chi connectivity index (χ0) is 34.2. The average Bonchev–Trinajstić information content (AvgIpc) is 3.97. The topological polar surface area (TPSA) is 177 Å². The molecule has 3 fully saturated rings. The van der Waals surface area contributed by atoms with E-state index < -0.39 is 74.8 Å². The number of nitrogens with zero attached hydrogens (tertiary/aromatic N) is 2. The minimum atomic E-state index is -3.87. The van der Waals surface area contributed by atoms with Gasteiger partial charge in [-0.3, -0.25) is 24.0 Å². The molecule has 3 aliphatic heterocycles. The van der Waals surface area contributed by atoms with E-state index in [9.17, 15) is 32.0 Å². The van der Waals surface area contributed by atoms with Crippen molar-refractivity contribution in [2.75, 3.05) is 26.8 Å². The molecular formula is C33H44FN5O8S. The second-order valence-corrected chi connectivity index (χ2v) is 15.6. The van der Waals surface area contributed by atoms with E-state index in [1.165, 1.54) is 23.0 Å². The molecule has 0 aromatic heterocycles. The number of rotatable bonds is 6. The SMILES string of the molecule is COC[C@@H]1c2cccc(F)c2CCN1C(=O)O[C@@H]1CC2C(=O)N[C@]3(C(=O)NS(=O)(=O)C4CC4)C[C@H]3/C=C\CCCCC[C@H](N)C(=O)N2C1. The largest absolute Gasteiger partial charge is 0.444 e. The third kappa shape index (κ3) is 6.95. The number of nitrogens with two attached hydrogens (primary N) is 1. The Morgan fingerprint density at radius 2 is 1.96 bits per heavy atom. The Kier molecular flexibility index (Phi) is 9.83. The Balaban J connectivity index is 1.22. The van der Waals surface area contributed by atoms with Crippen molar-refractivity contribution in [3.05, 3.63) is 47.3 Å². The molecule has 0 spiro atoms. The van der Waals surface area contributed by atoms with Crippen LogP contribution in [0, 0.1) is 11.7 Å². The fourth-order valence-corrected chi connectivity index (χ4v) is 8.58. The maximum atomic E-state index is 14.6. The van der Waals surface area contributed by atoms with Gasteiger partial charge in [-0.1, -0.05) is 37.1 Å². The van der Waals surface area contributed by atoms with Crippen LogP contribution in [0.4, 0.5) is 9.18 Å². The fourth-order valence-electron chi connectivity index (χ4n) is 7.22. The van der Waals surface area contributed by atoms with Crippen molar-refractivity contribution in [1.82, 2.24) is 19.8 Å². The molecule has 1 unspecified atom stereocenters. The van der Waals surface area contributed by atoms with E-state index >= 15 is 0 Å². The predicted molar refractivity (Wildman–Crippen MR) is 171 cm³/mol. The lowest BCUT2D eigenvalue weighted by molar-refractivity contribution is -0.140. The number of carbonyl (C=O) groups is 4. The molecule has 15 heteroatoms. The van der Waals surface area contributed by atoms with Crippen LogP contribution in [0.15, 0.2) is 30.4 Å². The number of sulfonamides is 1. The summed E-state index contributed by atoms with van der Waals surface area (Å²) in [5.41, 5.74) is 5.96. The van der Waals surface area contributed by atoms with Gasteiger partial charge in [0.1, 0.15) is 23.5 Å². The van der Waals surface area contributed by atoms with E-state index in [2.05, 4.69) is 10.0 Å². The summed E-state index contributed by atoms with van der Waals surface area (Å²) in [4.78, 5) is 57.5. The van der Waals surface area contributed by atoms with Gasteiger partial charge in [0.15, 0.2) is 0 Å². The van der Waals surface area contributed by atoms with Crippen molar-refractivity contribution in [3.63, 3.8) is 0 Å². The fraction of sp³-hybridized carbons (Fsp3) is 0.636. The smallest absolute Gasteiger partial charge is 0.410 e. The number of benzene rings is 1. The van der Waals surface area contributed by atoms with E-state index in [1.54, 1.807) is 12.1 Å². The lowest BCUT2D eigenvalue weighted by atomic mass is 9.93. The Bertz CT molecular complexity index is 1590. The minimum absolute atomic E-state index is 0.0530. The summed E-state index contributed by atoms with van der Waals surface area (Å²) >= 11 is 0. The summed E-state index contributed by atoms with van der Waals surface area (Å²) in [6.45, 7) is 0.196. The van der Waals surface area contributed by atoms with Gasteiger partial charge in [0.2, 0.25) is 21.8 Å². The van der Waals surface area contributed by atoms with Crippen LogP contribution in [0.2, 0.25) is 0 Å². The van der Waals surface area contributed by atoms with E-state index in [0.29, 0.717) is 36.8 Å². The van der Waals surface area contributed by atoms with Crippen LogP contribution in [0.3, 0.4) is 0 Å². The van der Waals surface area contributed by atoms with Gasteiger partial charge in [-0.25, -0.2) is 17.6 Å². The first-order chi connectivity index (χ1) is 22.9. The number of carbonyl (C=O) groups excluding carboxylic acids is 4. The van der Waals surface area contributed by atoms with Crippen LogP contribution in [-0.2, 0) is 40.3 Å². The monoisotopic (exact) mass is 689 g/mol. The molecule has 2 saturated carbocycles. The van der Waals surface area contributed by atoms with Gasteiger partial charge in [-0.15, -0.1) is 0 Å². The van der Waals surface area contributed by atoms with E-state index in [-0.39, 0.29) is 44.8 Å². The Morgan fingerprint density at radius 3 is 2.71 bits per heavy atom. The first-order valence-electron chi connectivity index (χ1n) is 16.8. The lowest BCUT2D eigenvalue weighted by Crippen LogP contribution is -2.57. The highest BCUT2D eigenvalue weighted by atomic mass is 32.2. The molecule has 6 rings (SSSR count). The second-order valence-electron chi connectivity index (χ2n) is 13.6. The van der Waals surface area contributed by atoms with Crippen molar-refractivity contribution in [3.8, 4) is 0 Å². The Labute approximate surface area is 279 Å². The van der Waals surface area contributed by atoms with Crippen LogP contribution in [0.25, 0.3) is 0 Å². The molecule has 13 nitrogen and oxygen atoms in total. The Hall–Kier alpha value is -3.56. The van der Waals surface area contributed by atoms with Gasteiger partial charge in [0.25, 0.3) is 5.91 Å². The van der Waals surface area contributed by atoms with Gasteiger partial charge >= 0.3 is 6.09 Å². The van der Waals surface area contributed by atoms with Crippen LogP contribution in [0.1, 0.15) is 75.0 Å². The molecule has 48 heavy (non-hydrogen) atoms. The maximum Gasteiger partial charge on any atom is 0.410 e. The first kappa shape index (κ1) is 34.3. The number of halogens is 1. The normalized spacial score (nSPS) is 31.7. The molecule has 1 aromatic carbocycles. The molecule has 0 bridgehead atoms. The lowest BCUT2D eigenvalue weighted by Gasteiger charge is -2.36. The number of allylic oxidation sites excluding steroid dienone is 1. The number of methoxy groups -OCH3 is 1.